The third-order valence-corrected chi connectivity index (χ3v) is 4.56. The second kappa shape index (κ2) is 6.82. The van der Waals surface area contributed by atoms with Crippen LogP contribution < -0.4 is 0 Å². The summed E-state index contributed by atoms with van der Waals surface area (Å²) in [4.78, 5) is 12.4. The van der Waals surface area contributed by atoms with Crippen molar-refractivity contribution in [2.75, 3.05) is 0 Å². The SMILES string of the molecule is Cc1ccc(C[C@H](Sc2ccccc2)C(=O)O)cc1Cl. The highest BCUT2D eigenvalue weighted by atomic mass is 35.5. The summed E-state index contributed by atoms with van der Waals surface area (Å²) < 4.78 is 0. The summed E-state index contributed by atoms with van der Waals surface area (Å²) >= 11 is 7.44. The minimum absolute atomic E-state index is 0.453. The lowest BCUT2D eigenvalue weighted by Crippen LogP contribution is -2.19. The number of aryl methyl sites for hydroxylation is 1. The van der Waals surface area contributed by atoms with Gasteiger partial charge in [0.2, 0.25) is 0 Å². The molecule has 0 spiro atoms. The van der Waals surface area contributed by atoms with Crippen molar-refractivity contribution in [2.24, 2.45) is 0 Å². The Balaban J connectivity index is 2.13. The zero-order chi connectivity index (χ0) is 14.5. The largest absolute Gasteiger partial charge is 0.480 e. The third-order valence-electron chi connectivity index (χ3n) is 2.95. The van der Waals surface area contributed by atoms with Crippen molar-refractivity contribution >= 4 is 29.3 Å². The van der Waals surface area contributed by atoms with E-state index in [0.717, 1.165) is 16.0 Å². The Hall–Kier alpha value is -1.45. The van der Waals surface area contributed by atoms with E-state index in [9.17, 15) is 9.90 Å². The van der Waals surface area contributed by atoms with Crippen LogP contribution in [0.5, 0.6) is 0 Å². The van der Waals surface area contributed by atoms with Gasteiger partial charge in [0, 0.05) is 9.92 Å². The van der Waals surface area contributed by atoms with Gasteiger partial charge >= 0.3 is 5.97 Å². The maximum Gasteiger partial charge on any atom is 0.317 e. The number of carbonyl (C=O) groups is 1. The number of carboxylic acid groups (broad SMARTS) is 1. The molecule has 0 saturated carbocycles. The number of hydrogen-bond donors (Lipinski definition) is 1. The zero-order valence-corrected chi connectivity index (χ0v) is 12.6. The molecule has 0 heterocycles. The normalized spacial score (nSPS) is 12.1. The van der Waals surface area contributed by atoms with Crippen molar-refractivity contribution in [1.29, 1.82) is 0 Å². The van der Waals surface area contributed by atoms with Gasteiger partial charge in [-0.2, -0.15) is 0 Å². The maximum absolute atomic E-state index is 11.4. The zero-order valence-electron chi connectivity index (χ0n) is 11.0. The van der Waals surface area contributed by atoms with Crippen molar-refractivity contribution in [3.8, 4) is 0 Å². The maximum atomic E-state index is 11.4. The Morgan fingerprint density at radius 3 is 2.55 bits per heavy atom. The molecule has 0 unspecified atom stereocenters. The molecule has 2 aromatic rings. The first-order valence-corrected chi connectivity index (χ1v) is 7.51. The number of carboxylic acids is 1. The highest BCUT2D eigenvalue weighted by molar-refractivity contribution is 8.00. The molecule has 0 saturated heterocycles. The molecule has 0 aromatic heterocycles. The van der Waals surface area contributed by atoms with Crippen LogP contribution in [0.15, 0.2) is 53.4 Å². The Labute approximate surface area is 127 Å². The van der Waals surface area contributed by atoms with Crippen LogP contribution in [-0.2, 0) is 11.2 Å². The van der Waals surface area contributed by atoms with Crippen LogP contribution in [0, 0.1) is 6.92 Å². The molecule has 0 fully saturated rings. The highest BCUT2D eigenvalue weighted by Gasteiger charge is 2.19. The van der Waals surface area contributed by atoms with E-state index in [1.54, 1.807) is 0 Å². The molecular weight excluding hydrogens is 292 g/mol. The molecule has 2 aromatic carbocycles. The molecule has 4 heteroatoms. The second-order valence-electron chi connectivity index (χ2n) is 4.55. The summed E-state index contributed by atoms with van der Waals surface area (Å²) in [6, 6.07) is 15.3. The fourth-order valence-electron chi connectivity index (χ4n) is 1.82. The van der Waals surface area contributed by atoms with E-state index >= 15 is 0 Å². The molecule has 0 aliphatic carbocycles. The molecule has 20 heavy (non-hydrogen) atoms. The predicted molar refractivity (Wildman–Crippen MR) is 83.6 cm³/mol. The summed E-state index contributed by atoms with van der Waals surface area (Å²) in [5.74, 6) is -0.810. The smallest absolute Gasteiger partial charge is 0.317 e. The van der Waals surface area contributed by atoms with Gasteiger partial charge in [-0.05, 0) is 42.7 Å². The molecule has 0 aliphatic heterocycles. The van der Waals surface area contributed by atoms with Crippen molar-refractivity contribution in [1.82, 2.24) is 0 Å². The van der Waals surface area contributed by atoms with Crippen LogP contribution in [0.25, 0.3) is 0 Å². The fraction of sp³-hybridized carbons (Fsp3) is 0.188. The molecular formula is C16H15ClO2S. The van der Waals surface area contributed by atoms with Crippen LogP contribution in [0.4, 0.5) is 0 Å². The van der Waals surface area contributed by atoms with E-state index in [1.165, 1.54) is 11.8 Å². The van der Waals surface area contributed by atoms with Gasteiger partial charge in [0.1, 0.15) is 5.25 Å². The Bertz CT molecular complexity index is 599. The average Bonchev–Trinajstić information content (AvgIpc) is 2.43. The predicted octanol–water partition coefficient (Wildman–Crippen LogP) is 4.44. The molecule has 104 valence electrons. The summed E-state index contributed by atoms with van der Waals surface area (Å²) in [5, 5.41) is 9.53. The van der Waals surface area contributed by atoms with E-state index in [4.69, 9.17) is 11.6 Å². The first kappa shape index (κ1) is 14.9. The number of aliphatic carboxylic acids is 1. The van der Waals surface area contributed by atoms with Gasteiger partial charge in [0.15, 0.2) is 0 Å². The Kier molecular flexibility index (Phi) is 5.10. The summed E-state index contributed by atoms with van der Waals surface area (Å²) in [6.45, 7) is 1.93. The lowest BCUT2D eigenvalue weighted by Gasteiger charge is -2.13. The molecule has 0 amide bonds. The first-order valence-electron chi connectivity index (χ1n) is 6.26. The molecule has 2 nitrogen and oxygen atoms in total. The van der Waals surface area contributed by atoms with Gasteiger partial charge in [-0.15, -0.1) is 11.8 Å². The van der Waals surface area contributed by atoms with Crippen LogP contribution in [-0.4, -0.2) is 16.3 Å². The Morgan fingerprint density at radius 1 is 1.25 bits per heavy atom. The van der Waals surface area contributed by atoms with E-state index < -0.39 is 11.2 Å². The number of halogens is 1. The fourth-order valence-corrected chi connectivity index (χ4v) is 3.04. The first-order chi connectivity index (χ1) is 9.56. The number of benzene rings is 2. The van der Waals surface area contributed by atoms with Crippen LogP contribution >= 0.6 is 23.4 Å². The molecule has 0 aliphatic rings. The van der Waals surface area contributed by atoms with Crippen LogP contribution in [0.1, 0.15) is 11.1 Å². The van der Waals surface area contributed by atoms with Gasteiger partial charge in [-0.1, -0.05) is 41.9 Å². The topological polar surface area (TPSA) is 37.3 Å². The number of hydrogen-bond acceptors (Lipinski definition) is 2. The molecule has 2 rings (SSSR count). The van der Waals surface area contributed by atoms with Gasteiger partial charge in [-0.3, -0.25) is 4.79 Å². The highest BCUT2D eigenvalue weighted by Crippen LogP contribution is 2.27. The van der Waals surface area contributed by atoms with E-state index in [1.807, 2.05) is 55.5 Å². The van der Waals surface area contributed by atoms with Crippen molar-refractivity contribution in [3.05, 3.63) is 64.7 Å². The minimum atomic E-state index is -0.810. The van der Waals surface area contributed by atoms with E-state index in [-0.39, 0.29) is 0 Å². The standard InChI is InChI=1S/C16H15ClO2S/c1-11-7-8-12(9-14(11)17)10-15(16(18)19)20-13-5-3-2-4-6-13/h2-9,15H,10H2,1H3,(H,18,19)/t15-/m0/s1. The summed E-state index contributed by atoms with van der Waals surface area (Å²) in [5.41, 5.74) is 1.94. The van der Waals surface area contributed by atoms with Gasteiger partial charge in [0.25, 0.3) is 0 Å². The lowest BCUT2D eigenvalue weighted by molar-refractivity contribution is -0.136. The van der Waals surface area contributed by atoms with Gasteiger partial charge in [-0.25, -0.2) is 0 Å². The quantitative estimate of drug-likeness (QED) is 0.830. The van der Waals surface area contributed by atoms with Crippen LogP contribution in [0.2, 0.25) is 5.02 Å². The third kappa shape index (κ3) is 4.02. The van der Waals surface area contributed by atoms with Gasteiger partial charge in [0.05, 0.1) is 0 Å². The van der Waals surface area contributed by atoms with E-state index in [2.05, 4.69) is 0 Å². The van der Waals surface area contributed by atoms with Gasteiger partial charge < -0.3 is 5.11 Å². The molecule has 0 radical (unpaired) electrons. The van der Waals surface area contributed by atoms with Crippen LogP contribution in [0.3, 0.4) is 0 Å². The lowest BCUT2D eigenvalue weighted by atomic mass is 10.1. The summed E-state index contributed by atoms with van der Waals surface area (Å²) in [6.07, 6.45) is 0.453. The molecule has 0 bridgehead atoms. The second-order valence-corrected chi connectivity index (χ2v) is 6.23. The Morgan fingerprint density at radius 2 is 1.95 bits per heavy atom. The average molecular weight is 307 g/mol. The monoisotopic (exact) mass is 306 g/mol. The molecule has 1 atom stereocenters. The summed E-state index contributed by atoms with van der Waals surface area (Å²) in [7, 11) is 0. The van der Waals surface area contributed by atoms with Crippen molar-refractivity contribution < 1.29 is 9.90 Å². The van der Waals surface area contributed by atoms with Crippen molar-refractivity contribution in [2.45, 2.75) is 23.5 Å². The number of rotatable bonds is 5. The minimum Gasteiger partial charge on any atom is -0.480 e. The van der Waals surface area contributed by atoms with E-state index in [0.29, 0.717) is 11.4 Å². The number of thioether (sulfide) groups is 1. The van der Waals surface area contributed by atoms with Crippen molar-refractivity contribution in [3.63, 3.8) is 0 Å². The molecule has 1 N–H and O–H groups in total.